The first-order valence-electron chi connectivity index (χ1n) is 5.26. The molecule has 0 bridgehead atoms. The molecule has 1 aliphatic heterocycles. The molecule has 0 radical (unpaired) electrons. The Balaban J connectivity index is 2.20. The topological polar surface area (TPSA) is 9.23 Å². The Hall–Kier alpha value is -0.520. The van der Waals surface area contributed by atoms with Gasteiger partial charge in [0, 0.05) is 13.2 Å². The Morgan fingerprint density at radius 1 is 1.54 bits per heavy atom. The molecule has 0 saturated carbocycles. The van der Waals surface area contributed by atoms with Gasteiger partial charge in [0.2, 0.25) is 0 Å². The predicted molar refractivity (Wildman–Crippen MR) is 55.7 cm³/mol. The van der Waals surface area contributed by atoms with Crippen LogP contribution in [0.5, 0.6) is 0 Å². The van der Waals surface area contributed by atoms with Crippen molar-refractivity contribution in [2.24, 2.45) is 11.8 Å². The second-order valence-corrected chi connectivity index (χ2v) is 3.91. The SMILES string of the molecule is C=C=CCCC(C)C1CCOCC1. The fraction of sp³-hybridized carbons (Fsp3) is 0.750. The predicted octanol–water partition coefficient (Wildman–Crippen LogP) is 3.17. The molecule has 1 atom stereocenters. The molecule has 1 heteroatoms. The van der Waals surface area contributed by atoms with Crippen LogP contribution in [0.15, 0.2) is 18.4 Å². The highest BCUT2D eigenvalue weighted by Gasteiger charge is 2.19. The molecule has 0 spiro atoms. The molecule has 0 aromatic carbocycles. The lowest BCUT2D eigenvalue weighted by Gasteiger charge is -2.27. The molecule has 1 nitrogen and oxygen atoms in total. The van der Waals surface area contributed by atoms with Crippen LogP contribution < -0.4 is 0 Å². The summed E-state index contributed by atoms with van der Waals surface area (Å²) >= 11 is 0. The maximum Gasteiger partial charge on any atom is 0.0468 e. The maximum atomic E-state index is 5.35. The Morgan fingerprint density at radius 2 is 2.23 bits per heavy atom. The highest BCUT2D eigenvalue weighted by atomic mass is 16.5. The van der Waals surface area contributed by atoms with Crippen LogP contribution in [0.4, 0.5) is 0 Å². The van der Waals surface area contributed by atoms with Crippen molar-refractivity contribution in [3.05, 3.63) is 18.4 Å². The summed E-state index contributed by atoms with van der Waals surface area (Å²) in [5.41, 5.74) is 2.83. The van der Waals surface area contributed by atoms with Crippen LogP contribution in [0, 0.1) is 11.8 Å². The van der Waals surface area contributed by atoms with Crippen molar-refractivity contribution in [3.8, 4) is 0 Å². The van der Waals surface area contributed by atoms with E-state index in [0.717, 1.165) is 31.5 Å². The van der Waals surface area contributed by atoms with E-state index in [0.29, 0.717) is 0 Å². The van der Waals surface area contributed by atoms with Crippen molar-refractivity contribution in [2.45, 2.75) is 32.6 Å². The van der Waals surface area contributed by atoms with Gasteiger partial charge in [-0.2, -0.15) is 0 Å². The van der Waals surface area contributed by atoms with Crippen molar-refractivity contribution >= 4 is 0 Å². The zero-order chi connectivity index (χ0) is 9.52. The molecule has 1 unspecified atom stereocenters. The molecule has 0 N–H and O–H groups in total. The molecule has 0 amide bonds. The zero-order valence-corrected chi connectivity index (χ0v) is 8.59. The Bertz CT molecular complexity index is 174. The van der Waals surface area contributed by atoms with Gasteiger partial charge in [-0.1, -0.05) is 13.5 Å². The Labute approximate surface area is 81.5 Å². The average molecular weight is 180 g/mol. The maximum absolute atomic E-state index is 5.35. The van der Waals surface area contributed by atoms with Crippen LogP contribution in [0.25, 0.3) is 0 Å². The van der Waals surface area contributed by atoms with Gasteiger partial charge in [0.1, 0.15) is 0 Å². The second-order valence-electron chi connectivity index (χ2n) is 3.91. The van der Waals surface area contributed by atoms with Gasteiger partial charge >= 0.3 is 0 Å². The highest BCUT2D eigenvalue weighted by molar-refractivity contribution is 4.78. The van der Waals surface area contributed by atoms with Crippen LogP contribution in [0.3, 0.4) is 0 Å². The van der Waals surface area contributed by atoms with E-state index in [1.165, 1.54) is 19.3 Å². The van der Waals surface area contributed by atoms with Crippen LogP contribution >= 0.6 is 0 Å². The normalized spacial score (nSPS) is 20.7. The molecular weight excluding hydrogens is 160 g/mol. The zero-order valence-electron chi connectivity index (χ0n) is 8.59. The first kappa shape index (κ1) is 10.6. The minimum absolute atomic E-state index is 0.827. The quantitative estimate of drug-likeness (QED) is 0.604. The van der Waals surface area contributed by atoms with Gasteiger partial charge in [-0.3, -0.25) is 0 Å². The molecule has 13 heavy (non-hydrogen) atoms. The smallest absolute Gasteiger partial charge is 0.0468 e. The lowest BCUT2D eigenvalue weighted by atomic mass is 9.84. The van der Waals surface area contributed by atoms with Gasteiger partial charge in [0.05, 0.1) is 0 Å². The lowest BCUT2D eigenvalue weighted by molar-refractivity contribution is 0.0483. The fourth-order valence-electron chi connectivity index (χ4n) is 1.97. The summed E-state index contributed by atoms with van der Waals surface area (Å²) in [6, 6.07) is 0. The minimum atomic E-state index is 0.827. The van der Waals surface area contributed by atoms with Gasteiger partial charge in [-0.15, -0.1) is 5.73 Å². The van der Waals surface area contributed by atoms with E-state index in [4.69, 9.17) is 4.74 Å². The van der Waals surface area contributed by atoms with Gasteiger partial charge < -0.3 is 4.74 Å². The first-order chi connectivity index (χ1) is 6.34. The van der Waals surface area contributed by atoms with Gasteiger partial charge in [0.15, 0.2) is 0 Å². The molecule has 0 aliphatic carbocycles. The van der Waals surface area contributed by atoms with E-state index in [-0.39, 0.29) is 0 Å². The van der Waals surface area contributed by atoms with Crippen molar-refractivity contribution < 1.29 is 4.74 Å². The standard InChI is InChI=1S/C12H20O/c1-3-4-5-6-11(2)12-7-9-13-10-8-12/h4,11-12H,1,5-10H2,2H3. The summed E-state index contributed by atoms with van der Waals surface area (Å²) < 4.78 is 5.35. The number of rotatable bonds is 4. The molecule has 0 aromatic rings. The summed E-state index contributed by atoms with van der Waals surface area (Å²) in [6.45, 7) is 7.85. The summed E-state index contributed by atoms with van der Waals surface area (Å²) in [4.78, 5) is 0. The summed E-state index contributed by atoms with van der Waals surface area (Å²) in [7, 11) is 0. The number of hydrogen-bond acceptors (Lipinski definition) is 1. The van der Waals surface area contributed by atoms with E-state index >= 15 is 0 Å². The Kier molecular flexibility index (Phi) is 4.88. The molecule has 1 heterocycles. The largest absolute Gasteiger partial charge is 0.381 e. The monoisotopic (exact) mass is 180 g/mol. The molecule has 74 valence electrons. The van der Waals surface area contributed by atoms with E-state index in [9.17, 15) is 0 Å². The van der Waals surface area contributed by atoms with E-state index in [1.54, 1.807) is 0 Å². The number of ether oxygens (including phenoxy) is 1. The fourth-order valence-corrected chi connectivity index (χ4v) is 1.97. The third-order valence-corrected chi connectivity index (χ3v) is 2.98. The second kappa shape index (κ2) is 6.01. The number of allylic oxidation sites excluding steroid dienone is 1. The third kappa shape index (κ3) is 3.80. The van der Waals surface area contributed by atoms with Crippen molar-refractivity contribution in [1.82, 2.24) is 0 Å². The average Bonchev–Trinajstić information content (AvgIpc) is 2.19. The van der Waals surface area contributed by atoms with Crippen molar-refractivity contribution in [2.75, 3.05) is 13.2 Å². The highest BCUT2D eigenvalue weighted by Crippen LogP contribution is 2.26. The third-order valence-electron chi connectivity index (χ3n) is 2.98. The summed E-state index contributed by atoms with van der Waals surface area (Å²) in [6.07, 6.45) is 6.93. The first-order valence-corrected chi connectivity index (χ1v) is 5.26. The van der Waals surface area contributed by atoms with E-state index in [1.807, 2.05) is 6.08 Å². The van der Waals surface area contributed by atoms with E-state index < -0.39 is 0 Å². The van der Waals surface area contributed by atoms with Crippen molar-refractivity contribution in [3.63, 3.8) is 0 Å². The molecular formula is C12H20O. The lowest BCUT2D eigenvalue weighted by Crippen LogP contribution is -2.21. The molecule has 1 fully saturated rings. The van der Waals surface area contributed by atoms with Crippen LogP contribution in [-0.2, 0) is 4.74 Å². The molecule has 0 aromatic heterocycles. The number of hydrogen-bond donors (Lipinski definition) is 0. The van der Waals surface area contributed by atoms with Crippen LogP contribution in [-0.4, -0.2) is 13.2 Å². The molecule has 1 saturated heterocycles. The van der Waals surface area contributed by atoms with Gasteiger partial charge in [0.25, 0.3) is 0 Å². The minimum Gasteiger partial charge on any atom is -0.381 e. The van der Waals surface area contributed by atoms with Gasteiger partial charge in [-0.25, -0.2) is 0 Å². The Morgan fingerprint density at radius 3 is 2.85 bits per heavy atom. The van der Waals surface area contributed by atoms with E-state index in [2.05, 4.69) is 19.2 Å². The molecule has 1 rings (SSSR count). The van der Waals surface area contributed by atoms with Crippen LogP contribution in [0.1, 0.15) is 32.6 Å². The van der Waals surface area contributed by atoms with Crippen LogP contribution in [0.2, 0.25) is 0 Å². The summed E-state index contributed by atoms with van der Waals surface area (Å²) in [5, 5.41) is 0. The molecule has 1 aliphatic rings. The van der Waals surface area contributed by atoms with Gasteiger partial charge in [-0.05, 0) is 43.6 Å². The summed E-state index contributed by atoms with van der Waals surface area (Å²) in [5.74, 6) is 1.71. The van der Waals surface area contributed by atoms with Crippen molar-refractivity contribution in [1.29, 1.82) is 0 Å².